The summed E-state index contributed by atoms with van der Waals surface area (Å²) in [6.07, 6.45) is 1.40. The van der Waals surface area contributed by atoms with Gasteiger partial charge in [-0.2, -0.15) is 0 Å². The minimum atomic E-state index is -0.334. The SMILES string of the molecule is CCN1CCN(c2cc(C(=O)NCc3ccccc3F)ncn2)CC1. The summed E-state index contributed by atoms with van der Waals surface area (Å²) in [5, 5.41) is 2.71. The fraction of sp³-hybridized carbons (Fsp3) is 0.389. The normalized spacial score (nSPS) is 15.2. The topological polar surface area (TPSA) is 61.4 Å². The molecule has 1 aromatic carbocycles. The van der Waals surface area contributed by atoms with Gasteiger partial charge >= 0.3 is 0 Å². The van der Waals surface area contributed by atoms with Crippen molar-refractivity contribution in [2.24, 2.45) is 0 Å². The van der Waals surface area contributed by atoms with Gasteiger partial charge in [0.2, 0.25) is 0 Å². The molecule has 0 saturated carbocycles. The van der Waals surface area contributed by atoms with Crippen LogP contribution in [0.25, 0.3) is 0 Å². The number of aromatic nitrogens is 2. The molecule has 6 nitrogen and oxygen atoms in total. The van der Waals surface area contributed by atoms with Crippen molar-refractivity contribution in [1.82, 2.24) is 20.2 Å². The van der Waals surface area contributed by atoms with Crippen LogP contribution in [0.15, 0.2) is 36.7 Å². The van der Waals surface area contributed by atoms with Gasteiger partial charge in [0.1, 0.15) is 23.7 Å². The van der Waals surface area contributed by atoms with Gasteiger partial charge in [0.25, 0.3) is 5.91 Å². The first kappa shape index (κ1) is 17.3. The molecule has 1 N–H and O–H groups in total. The molecule has 1 fully saturated rings. The number of hydrogen-bond acceptors (Lipinski definition) is 5. The lowest BCUT2D eigenvalue weighted by molar-refractivity contribution is 0.0945. The second-order valence-electron chi connectivity index (χ2n) is 5.96. The third-order valence-electron chi connectivity index (χ3n) is 4.43. The lowest BCUT2D eigenvalue weighted by Crippen LogP contribution is -2.46. The zero-order valence-corrected chi connectivity index (χ0v) is 14.3. The predicted molar refractivity (Wildman–Crippen MR) is 93.9 cm³/mol. The van der Waals surface area contributed by atoms with Gasteiger partial charge < -0.3 is 15.1 Å². The number of nitrogens with one attached hydrogen (secondary N) is 1. The van der Waals surface area contributed by atoms with Crippen LogP contribution >= 0.6 is 0 Å². The standard InChI is InChI=1S/C18H22FN5O/c1-2-23-7-9-24(10-8-23)17-11-16(21-13-22-17)18(25)20-12-14-5-3-4-6-15(14)19/h3-6,11,13H,2,7-10,12H2,1H3,(H,20,25). The van der Waals surface area contributed by atoms with Gasteiger partial charge in [-0.1, -0.05) is 25.1 Å². The average molecular weight is 343 g/mol. The smallest absolute Gasteiger partial charge is 0.270 e. The third kappa shape index (κ3) is 4.30. The van der Waals surface area contributed by atoms with E-state index < -0.39 is 0 Å². The molecule has 0 unspecified atom stereocenters. The zero-order chi connectivity index (χ0) is 17.6. The van der Waals surface area contributed by atoms with E-state index in [1.165, 1.54) is 12.4 Å². The van der Waals surface area contributed by atoms with Gasteiger partial charge in [-0.15, -0.1) is 0 Å². The molecule has 0 spiro atoms. The summed E-state index contributed by atoms with van der Waals surface area (Å²) in [4.78, 5) is 25.2. The van der Waals surface area contributed by atoms with Crippen molar-refractivity contribution in [1.29, 1.82) is 0 Å². The molecule has 7 heteroatoms. The van der Waals surface area contributed by atoms with Gasteiger partial charge in [0.05, 0.1) is 0 Å². The molecule has 1 aliphatic heterocycles. The Morgan fingerprint density at radius 2 is 1.96 bits per heavy atom. The minimum absolute atomic E-state index is 0.125. The highest BCUT2D eigenvalue weighted by Crippen LogP contribution is 2.14. The maximum Gasteiger partial charge on any atom is 0.270 e. The second-order valence-corrected chi connectivity index (χ2v) is 5.96. The van der Waals surface area contributed by atoms with Crippen molar-refractivity contribution in [3.8, 4) is 0 Å². The Bertz CT molecular complexity index is 731. The zero-order valence-electron chi connectivity index (χ0n) is 14.3. The Morgan fingerprint density at radius 1 is 1.20 bits per heavy atom. The van der Waals surface area contributed by atoms with Gasteiger partial charge in [-0.3, -0.25) is 4.79 Å². The van der Waals surface area contributed by atoms with Crippen molar-refractivity contribution >= 4 is 11.7 Å². The van der Waals surface area contributed by atoms with Crippen molar-refractivity contribution in [2.75, 3.05) is 37.6 Å². The highest BCUT2D eigenvalue weighted by Gasteiger charge is 2.18. The van der Waals surface area contributed by atoms with Gasteiger partial charge in [0.15, 0.2) is 0 Å². The number of nitrogens with zero attached hydrogens (tertiary/aromatic N) is 4. The molecule has 1 amide bonds. The van der Waals surface area contributed by atoms with E-state index in [0.717, 1.165) is 38.5 Å². The van der Waals surface area contributed by atoms with Crippen molar-refractivity contribution in [3.63, 3.8) is 0 Å². The molecule has 1 aliphatic rings. The van der Waals surface area contributed by atoms with Gasteiger partial charge in [0, 0.05) is 44.4 Å². The van der Waals surface area contributed by atoms with Crippen LogP contribution in [0.1, 0.15) is 23.0 Å². The minimum Gasteiger partial charge on any atom is -0.354 e. The second kappa shape index (κ2) is 8.02. The van der Waals surface area contributed by atoms with Crippen LogP contribution in [-0.2, 0) is 6.54 Å². The Morgan fingerprint density at radius 3 is 2.68 bits per heavy atom. The van der Waals surface area contributed by atoms with Gasteiger partial charge in [-0.25, -0.2) is 14.4 Å². The van der Waals surface area contributed by atoms with Gasteiger partial charge in [-0.05, 0) is 12.6 Å². The molecule has 2 heterocycles. The van der Waals surface area contributed by atoms with Crippen LogP contribution in [-0.4, -0.2) is 53.5 Å². The molecule has 0 aliphatic carbocycles. The van der Waals surface area contributed by atoms with Crippen molar-refractivity contribution < 1.29 is 9.18 Å². The lowest BCUT2D eigenvalue weighted by Gasteiger charge is -2.34. The number of benzene rings is 1. The fourth-order valence-electron chi connectivity index (χ4n) is 2.85. The number of hydrogen-bond donors (Lipinski definition) is 1. The number of carbonyl (C=O) groups is 1. The predicted octanol–water partition coefficient (Wildman–Crippen LogP) is 1.69. The summed E-state index contributed by atoms with van der Waals surface area (Å²) >= 11 is 0. The summed E-state index contributed by atoms with van der Waals surface area (Å²) in [5.41, 5.74) is 0.736. The van der Waals surface area contributed by atoms with E-state index in [1.807, 2.05) is 0 Å². The molecule has 1 saturated heterocycles. The summed E-state index contributed by atoms with van der Waals surface area (Å²) in [7, 11) is 0. The monoisotopic (exact) mass is 343 g/mol. The van der Waals surface area contributed by atoms with Crippen LogP contribution in [0.5, 0.6) is 0 Å². The van der Waals surface area contributed by atoms with E-state index in [1.54, 1.807) is 24.3 Å². The molecule has 132 valence electrons. The van der Waals surface area contributed by atoms with Crippen LogP contribution < -0.4 is 10.2 Å². The molecule has 0 bridgehead atoms. The number of rotatable bonds is 5. The number of carbonyl (C=O) groups excluding carboxylic acids is 1. The quantitative estimate of drug-likeness (QED) is 0.895. The van der Waals surface area contributed by atoms with Crippen molar-refractivity contribution in [3.05, 3.63) is 53.7 Å². The first-order valence-electron chi connectivity index (χ1n) is 8.48. The third-order valence-corrected chi connectivity index (χ3v) is 4.43. The van der Waals surface area contributed by atoms with E-state index in [-0.39, 0.29) is 18.3 Å². The van der Waals surface area contributed by atoms with E-state index in [0.29, 0.717) is 11.3 Å². The van der Waals surface area contributed by atoms with Crippen molar-refractivity contribution in [2.45, 2.75) is 13.5 Å². The molecular weight excluding hydrogens is 321 g/mol. The van der Waals surface area contributed by atoms with E-state index >= 15 is 0 Å². The highest BCUT2D eigenvalue weighted by atomic mass is 19.1. The van der Waals surface area contributed by atoms with E-state index in [9.17, 15) is 9.18 Å². The fourth-order valence-corrected chi connectivity index (χ4v) is 2.85. The Balaban J connectivity index is 1.63. The molecule has 2 aromatic rings. The Kier molecular flexibility index (Phi) is 5.55. The Hall–Kier alpha value is -2.54. The van der Waals surface area contributed by atoms with E-state index in [4.69, 9.17) is 0 Å². The number of halogens is 1. The number of piperazine rings is 1. The maximum atomic E-state index is 13.6. The molecule has 0 radical (unpaired) electrons. The van der Waals surface area contributed by atoms with Crippen LogP contribution in [0.3, 0.4) is 0 Å². The average Bonchev–Trinajstić information content (AvgIpc) is 2.67. The largest absolute Gasteiger partial charge is 0.354 e. The lowest BCUT2D eigenvalue weighted by atomic mass is 10.2. The summed E-state index contributed by atoms with van der Waals surface area (Å²) in [6.45, 7) is 7.03. The molecule has 0 atom stereocenters. The molecule has 25 heavy (non-hydrogen) atoms. The molecule has 3 rings (SSSR count). The number of anilines is 1. The summed E-state index contributed by atoms with van der Waals surface area (Å²) in [5.74, 6) is 0.0841. The van der Waals surface area contributed by atoms with Crippen LogP contribution in [0, 0.1) is 5.82 Å². The van der Waals surface area contributed by atoms with E-state index in [2.05, 4.69) is 32.0 Å². The molecular formula is C18H22FN5O. The van der Waals surface area contributed by atoms with Crippen LogP contribution in [0.4, 0.5) is 10.2 Å². The number of amides is 1. The first-order chi connectivity index (χ1) is 12.2. The molecule has 1 aromatic heterocycles. The maximum absolute atomic E-state index is 13.6. The Labute approximate surface area is 146 Å². The summed E-state index contributed by atoms with van der Waals surface area (Å²) in [6, 6.07) is 8.08. The van der Waals surface area contributed by atoms with Crippen LogP contribution in [0.2, 0.25) is 0 Å². The number of likely N-dealkylation sites (N-methyl/N-ethyl adjacent to an activating group) is 1. The highest BCUT2D eigenvalue weighted by molar-refractivity contribution is 5.92. The summed E-state index contributed by atoms with van der Waals surface area (Å²) < 4.78 is 13.6. The first-order valence-corrected chi connectivity index (χ1v) is 8.48.